The Labute approximate surface area is 114 Å². The number of halogens is 1. The molecule has 0 amide bonds. The normalized spacial score (nSPS) is 19.5. The summed E-state index contributed by atoms with van der Waals surface area (Å²) in [6.07, 6.45) is 2.80. The van der Waals surface area contributed by atoms with E-state index in [2.05, 4.69) is 38.0 Å². The summed E-state index contributed by atoms with van der Waals surface area (Å²) in [6.45, 7) is 8.67. The minimum atomic E-state index is -0.210. The second kappa shape index (κ2) is 5.16. The van der Waals surface area contributed by atoms with Gasteiger partial charge in [-0.05, 0) is 23.1 Å². The molecule has 0 spiro atoms. The van der Waals surface area contributed by atoms with Gasteiger partial charge in [-0.25, -0.2) is 9.38 Å². The number of aliphatic imine (C=N–C) groups is 1. The van der Waals surface area contributed by atoms with Crippen LogP contribution in [-0.4, -0.2) is 11.9 Å². The van der Waals surface area contributed by atoms with E-state index in [0.717, 1.165) is 23.4 Å². The maximum Gasteiger partial charge on any atom is 0.123 e. The second-order valence-electron chi connectivity index (χ2n) is 5.96. The molecule has 102 valence electrons. The van der Waals surface area contributed by atoms with Crippen LogP contribution in [0, 0.1) is 11.2 Å². The van der Waals surface area contributed by atoms with Crippen LogP contribution in [-0.2, 0) is 0 Å². The molecule has 1 aliphatic rings. The van der Waals surface area contributed by atoms with Gasteiger partial charge in [-0.15, -0.1) is 0 Å². The molecule has 1 heterocycles. The molecular formula is C16H21FN2. The molecule has 0 aromatic heterocycles. The zero-order chi connectivity index (χ0) is 14.0. The van der Waals surface area contributed by atoms with Crippen LogP contribution in [0.15, 0.2) is 35.5 Å². The van der Waals surface area contributed by atoms with Crippen molar-refractivity contribution in [1.82, 2.24) is 5.32 Å². The van der Waals surface area contributed by atoms with Crippen LogP contribution in [0.5, 0.6) is 0 Å². The van der Waals surface area contributed by atoms with Gasteiger partial charge in [0.25, 0.3) is 0 Å². The smallest absolute Gasteiger partial charge is 0.123 e. The van der Waals surface area contributed by atoms with Gasteiger partial charge in [-0.2, -0.15) is 0 Å². The minimum absolute atomic E-state index is 0.0661. The largest absolute Gasteiger partial charge is 0.366 e. The predicted octanol–water partition coefficient (Wildman–Crippen LogP) is 3.99. The van der Waals surface area contributed by atoms with E-state index in [9.17, 15) is 4.39 Å². The SMILES string of the molecule is CCC1=NC=C(c2ccc(F)cc2)C(C(C)(C)C)N1. The number of amidine groups is 1. The summed E-state index contributed by atoms with van der Waals surface area (Å²) in [6, 6.07) is 6.80. The summed E-state index contributed by atoms with van der Waals surface area (Å²) in [4.78, 5) is 4.44. The van der Waals surface area contributed by atoms with Gasteiger partial charge < -0.3 is 5.32 Å². The Morgan fingerprint density at radius 1 is 1.21 bits per heavy atom. The van der Waals surface area contributed by atoms with Crippen molar-refractivity contribution in [1.29, 1.82) is 0 Å². The van der Waals surface area contributed by atoms with Gasteiger partial charge in [0.15, 0.2) is 0 Å². The highest BCUT2D eigenvalue weighted by Crippen LogP contribution is 2.33. The summed E-state index contributed by atoms with van der Waals surface area (Å²) in [5.41, 5.74) is 2.20. The lowest BCUT2D eigenvalue weighted by Crippen LogP contribution is -2.45. The van der Waals surface area contributed by atoms with Crippen molar-refractivity contribution in [3.63, 3.8) is 0 Å². The second-order valence-corrected chi connectivity index (χ2v) is 5.96. The van der Waals surface area contributed by atoms with E-state index in [0.29, 0.717) is 0 Å². The number of hydrogen-bond donors (Lipinski definition) is 1. The number of nitrogens with zero attached hydrogens (tertiary/aromatic N) is 1. The standard InChI is InChI=1S/C16H21FN2/c1-5-14-18-10-13(15(19-14)16(2,3)4)11-6-8-12(17)9-7-11/h6-10,15H,5H2,1-4H3,(H,18,19). The van der Waals surface area contributed by atoms with Gasteiger partial charge in [-0.3, -0.25) is 0 Å². The first-order chi connectivity index (χ1) is 8.91. The van der Waals surface area contributed by atoms with Crippen LogP contribution in [0.4, 0.5) is 4.39 Å². The molecule has 0 aliphatic carbocycles. The molecule has 19 heavy (non-hydrogen) atoms. The van der Waals surface area contributed by atoms with E-state index in [1.165, 1.54) is 12.1 Å². The van der Waals surface area contributed by atoms with Gasteiger partial charge in [0.05, 0.1) is 6.04 Å². The fourth-order valence-corrected chi connectivity index (χ4v) is 2.26. The van der Waals surface area contributed by atoms with E-state index in [-0.39, 0.29) is 17.3 Å². The van der Waals surface area contributed by atoms with Gasteiger partial charge >= 0.3 is 0 Å². The molecule has 0 saturated heterocycles. The summed E-state index contributed by atoms with van der Waals surface area (Å²) in [5.74, 6) is 0.795. The summed E-state index contributed by atoms with van der Waals surface area (Å²) < 4.78 is 13.0. The van der Waals surface area contributed by atoms with Crippen LogP contribution in [0.1, 0.15) is 39.7 Å². The summed E-state index contributed by atoms with van der Waals surface area (Å²) in [7, 11) is 0. The maximum atomic E-state index is 13.0. The first-order valence-electron chi connectivity index (χ1n) is 6.71. The Bertz CT molecular complexity index is 507. The van der Waals surface area contributed by atoms with Gasteiger partial charge in [-0.1, -0.05) is 39.8 Å². The number of rotatable bonds is 2. The van der Waals surface area contributed by atoms with Crippen molar-refractivity contribution in [2.75, 3.05) is 0 Å². The van der Waals surface area contributed by atoms with Gasteiger partial charge in [0.1, 0.15) is 11.7 Å². The molecule has 1 unspecified atom stereocenters. The molecule has 1 aliphatic heterocycles. The van der Waals surface area contributed by atoms with E-state index in [1.54, 1.807) is 0 Å². The predicted molar refractivity (Wildman–Crippen MR) is 78.5 cm³/mol. The minimum Gasteiger partial charge on any atom is -0.366 e. The average Bonchev–Trinajstić information content (AvgIpc) is 2.38. The molecule has 1 atom stereocenters. The van der Waals surface area contributed by atoms with Crippen molar-refractivity contribution >= 4 is 11.4 Å². The highest BCUT2D eigenvalue weighted by atomic mass is 19.1. The number of hydrogen-bond acceptors (Lipinski definition) is 2. The molecular weight excluding hydrogens is 239 g/mol. The third kappa shape index (κ3) is 3.03. The molecule has 0 bridgehead atoms. The van der Waals surface area contributed by atoms with Gasteiger partial charge in [0.2, 0.25) is 0 Å². The zero-order valence-electron chi connectivity index (χ0n) is 12.0. The van der Waals surface area contributed by atoms with E-state index >= 15 is 0 Å². The van der Waals surface area contributed by atoms with Crippen LogP contribution < -0.4 is 5.32 Å². The third-order valence-corrected chi connectivity index (χ3v) is 3.36. The van der Waals surface area contributed by atoms with E-state index in [4.69, 9.17) is 0 Å². The molecule has 0 radical (unpaired) electrons. The van der Waals surface area contributed by atoms with E-state index < -0.39 is 0 Å². The molecule has 2 nitrogen and oxygen atoms in total. The molecule has 0 saturated carbocycles. The van der Waals surface area contributed by atoms with Crippen molar-refractivity contribution in [3.05, 3.63) is 41.8 Å². The molecule has 0 fully saturated rings. The van der Waals surface area contributed by atoms with Crippen LogP contribution in [0.2, 0.25) is 0 Å². The van der Waals surface area contributed by atoms with Gasteiger partial charge in [0, 0.05) is 18.2 Å². The highest BCUT2D eigenvalue weighted by molar-refractivity contribution is 5.89. The zero-order valence-corrected chi connectivity index (χ0v) is 12.0. The molecule has 1 aromatic rings. The Kier molecular flexibility index (Phi) is 3.74. The van der Waals surface area contributed by atoms with E-state index in [1.807, 2.05) is 18.3 Å². The Balaban J connectivity index is 2.41. The first kappa shape index (κ1) is 13.8. The lowest BCUT2D eigenvalue weighted by atomic mass is 9.79. The highest BCUT2D eigenvalue weighted by Gasteiger charge is 2.31. The third-order valence-electron chi connectivity index (χ3n) is 3.36. The molecule has 2 rings (SSSR count). The monoisotopic (exact) mass is 260 g/mol. The summed E-state index contributed by atoms with van der Waals surface area (Å²) in [5, 5.41) is 3.49. The van der Waals surface area contributed by atoms with Crippen molar-refractivity contribution in [2.45, 2.75) is 40.2 Å². The van der Waals surface area contributed by atoms with Crippen LogP contribution in [0.3, 0.4) is 0 Å². The Morgan fingerprint density at radius 3 is 2.37 bits per heavy atom. The fraction of sp³-hybridized carbons (Fsp3) is 0.438. The fourth-order valence-electron chi connectivity index (χ4n) is 2.26. The van der Waals surface area contributed by atoms with Crippen molar-refractivity contribution < 1.29 is 4.39 Å². The number of nitrogens with one attached hydrogen (secondary N) is 1. The Hall–Kier alpha value is -1.64. The lowest BCUT2D eigenvalue weighted by molar-refractivity contribution is 0.348. The quantitative estimate of drug-likeness (QED) is 0.854. The van der Waals surface area contributed by atoms with Crippen LogP contribution >= 0.6 is 0 Å². The maximum absolute atomic E-state index is 13.0. The van der Waals surface area contributed by atoms with Crippen LogP contribution in [0.25, 0.3) is 5.57 Å². The molecule has 3 heteroatoms. The number of benzene rings is 1. The Morgan fingerprint density at radius 2 is 1.84 bits per heavy atom. The summed E-state index contributed by atoms with van der Waals surface area (Å²) >= 11 is 0. The topological polar surface area (TPSA) is 24.4 Å². The molecule has 1 N–H and O–H groups in total. The van der Waals surface area contributed by atoms with Crippen molar-refractivity contribution in [3.8, 4) is 0 Å². The first-order valence-corrected chi connectivity index (χ1v) is 6.71. The average molecular weight is 260 g/mol. The van der Waals surface area contributed by atoms with Crippen molar-refractivity contribution in [2.24, 2.45) is 10.4 Å². The lowest BCUT2D eigenvalue weighted by Gasteiger charge is -2.36. The molecule has 1 aromatic carbocycles.